The van der Waals surface area contributed by atoms with Gasteiger partial charge in [-0.15, -0.1) is 0 Å². The van der Waals surface area contributed by atoms with E-state index >= 15 is 0 Å². The van der Waals surface area contributed by atoms with Crippen molar-refractivity contribution in [1.82, 2.24) is 5.32 Å². The Kier molecular flexibility index (Phi) is 3.87. The first-order valence-electron chi connectivity index (χ1n) is 6.35. The topological polar surface area (TPSA) is 55.1 Å². The molecule has 4 heteroatoms. The van der Waals surface area contributed by atoms with Gasteiger partial charge in [0.05, 0.1) is 12.1 Å². The maximum atomic E-state index is 13.9. The maximum Gasteiger partial charge on any atom is 0.254 e. The van der Waals surface area contributed by atoms with Gasteiger partial charge in [0.15, 0.2) is 0 Å². The lowest BCUT2D eigenvalue weighted by Crippen LogP contribution is -2.51. The summed E-state index contributed by atoms with van der Waals surface area (Å²) >= 11 is 0. The summed E-state index contributed by atoms with van der Waals surface area (Å²) in [7, 11) is 0. The van der Waals surface area contributed by atoms with Gasteiger partial charge in [0.25, 0.3) is 5.91 Å². The monoisotopic (exact) mass is 260 g/mol. The number of nitrogens with two attached hydrogens (primary N) is 1. The Balaban J connectivity index is 2.14. The summed E-state index contributed by atoms with van der Waals surface area (Å²) in [5, 5.41) is 2.88. The van der Waals surface area contributed by atoms with E-state index in [4.69, 9.17) is 5.73 Å². The van der Waals surface area contributed by atoms with Crippen LogP contribution in [0, 0.1) is 17.7 Å². The second-order valence-electron chi connectivity index (χ2n) is 5.07. The Morgan fingerprint density at radius 2 is 2.26 bits per heavy atom. The number of rotatable bonds is 2. The van der Waals surface area contributed by atoms with Crippen molar-refractivity contribution in [2.24, 2.45) is 5.73 Å². The average molecular weight is 260 g/mol. The van der Waals surface area contributed by atoms with Gasteiger partial charge in [-0.2, -0.15) is 0 Å². The molecule has 0 unspecified atom stereocenters. The molecule has 2 rings (SSSR count). The van der Waals surface area contributed by atoms with Crippen LogP contribution < -0.4 is 11.1 Å². The van der Waals surface area contributed by atoms with E-state index in [0.29, 0.717) is 5.56 Å². The van der Waals surface area contributed by atoms with Gasteiger partial charge < -0.3 is 11.1 Å². The summed E-state index contributed by atoms with van der Waals surface area (Å²) in [4.78, 5) is 12.0. The molecule has 0 aliphatic heterocycles. The molecule has 0 bridgehead atoms. The fourth-order valence-corrected chi connectivity index (χ4v) is 2.10. The molecular weight excluding hydrogens is 243 g/mol. The first-order valence-corrected chi connectivity index (χ1v) is 6.35. The van der Waals surface area contributed by atoms with E-state index in [2.05, 4.69) is 17.2 Å². The molecular formula is C15H17FN2O. The molecule has 1 amide bonds. The van der Waals surface area contributed by atoms with Crippen molar-refractivity contribution >= 4 is 5.91 Å². The molecule has 0 radical (unpaired) electrons. The maximum absolute atomic E-state index is 13.9. The number of hydrogen-bond acceptors (Lipinski definition) is 2. The van der Waals surface area contributed by atoms with Gasteiger partial charge in [-0.25, -0.2) is 4.39 Å². The van der Waals surface area contributed by atoms with Gasteiger partial charge in [0, 0.05) is 11.1 Å². The van der Waals surface area contributed by atoms with Gasteiger partial charge in [-0.05, 0) is 44.4 Å². The van der Waals surface area contributed by atoms with Crippen LogP contribution in [0.5, 0.6) is 0 Å². The van der Waals surface area contributed by atoms with E-state index in [9.17, 15) is 9.18 Å². The molecule has 1 saturated carbocycles. The van der Waals surface area contributed by atoms with Crippen molar-refractivity contribution in [3.8, 4) is 11.8 Å². The molecule has 0 heterocycles. The summed E-state index contributed by atoms with van der Waals surface area (Å²) in [6, 6.07) is 4.36. The van der Waals surface area contributed by atoms with Crippen LogP contribution in [0.4, 0.5) is 4.39 Å². The molecule has 0 atom stereocenters. The number of nitrogens with one attached hydrogen (secondary N) is 1. The van der Waals surface area contributed by atoms with Crippen LogP contribution in [0.15, 0.2) is 18.2 Å². The van der Waals surface area contributed by atoms with E-state index in [0.717, 1.165) is 19.3 Å². The molecule has 1 aromatic carbocycles. The number of hydrogen-bond donors (Lipinski definition) is 2. The zero-order valence-electron chi connectivity index (χ0n) is 10.9. The molecule has 1 aliphatic rings. The molecule has 0 aromatic heterocycles. The zero-order chi connectivity index (χ0) is 13.9. The van der Waals surface area contributed by atoms with Crippen molar-refractivity contribution in [3.05, 3.63) is 35.1 Å². The minimum Gasteiger partial charge on any atom is -0.347 e. The normalized spacial score (nSPS) is 15.9. The van der Waals surface area contributed by atoms with Crippen LogP contribution in [-0.4, -0.2) is 18.0 Å². The van der Waals surface area contributed by atoms with Crippen LogP contribution in [0.3, 0.4) is 0 Å². The molecule has 1 fully saturated rings. The van der Waals surface area contributed by atoms with Gasteiger partial charge in [0.2, 0.25) is 0 Å². The molecule has 19 heavy (non-hydrogen) atoms. The standard InChI is InChI=1S/C15H17FN2O/c1-15(7-3-8-15)18-14(19)12-6-5-11(4-2-9-17)10-13(12)16/h5-6,10H,3,7-9,17H2,1H3,(H,18,19). The minimum absolute atomic E-state index is 0.0615. The van der Waals surface area contributed by atoms with E-state index in [-0.39, 0.29) is 23.6 Å². The number of carbonyl (C=O) groups is 1. The van der Waals surface area contributed by atoms with Gasteiger partial charge in [-0.3, -0.25) is 4.79 Å². The summed E-state index contributed by atoms with van der Waals surface area (Å²) in [5.41, 5.74) is 5.66. The molecule has 100 valence electrons. The SMILES string of the molecule is CC1(NC(=O)c2ccc(C#CCN)cc2F)CCC1. The van der Waals surface area contributed by atoms with Crippen molar-refractivity contribution < 1.29 is 9.18 Å². The smallest absolute Gasteiger partial charge is 0.254 e. The fourth-order valence-electron chi connectivity index (χ4n) is 2.10. The summed E-state index contributed by atoms with van der Waals surface area (Å²) in [6.45, 7) is 2.20. The predicted octanol–water partition coefficient (Wildman–Crippen LogP) is 1.81. The van der Waals surface area contributed by atoms with E-state index < -0.39 is 5.82 Å². The molecule has 0 saturated heterocycles. The highest BCUT2D eigenvalue weighted by Gasteiger charge is 2.33. The highest BCUT2D eigenvalue weighted by Crippen LogP contribution is 2.31. The van der Waals surface area contributed by atoms with Crippen LogP contribution in [0.25, 0.3) is 0 Å². The Labute approximate surface area is 112 Å². The Hall–Kier alpha value is -1.86. The quantitative estimate of drug-likeness (QED) is 0.797. The fraction of sp³-hybridized carbons (Fsp3) is 0.400. The molecule has 1 aliphatic carbocycles. The second kappa shape index (κ2) is 5.41. The van der Waals surface area contributed by atoms with Crippen molar-refractivity contribution in [2.75, 3.05) is 6.54 Å². The highest BCUT2D eigenvalue weighted by molar-refractivity contribution is 5.95. The summed E-state index contributed by atoms with van der Waals surface area (Å²) in [6.07, 6.45) is 2.99. The second-order valence-corrected chi connectivity index (χ2v) is 5.07. The van der Waals surface area contributed by atoms with Gasteiger partial charge >= 0.3 is 0 Å². The van der Waals surface area contributed by atoms with Crippen molar-refractivity contribution in [2.45, 2.75) is 31.7 Å². The van der Waals surface area contributed by atoms with Crippen molar-refractivity contribution in [1.29, 1.82) is 0 Å². The molecule has 1 aromatic rings. The van der Waals surface area contributed by atoms with E-state index in [1.54, 1.807) is 6.07 Å². The summed E-state index contributed by atoms with van der Waals surface area (Å²) in [5.74, 6) is 4.47. The number of amides is 1. The minimum atomic E-state index is -0.552. The number of carbonyl (C=O) groups excluding carboxylic acids is 1. The Bertz CT molecular complexity index is 553. The average Bonchev–Trinajstić information content (AvgIpc) is 2.34. The Morgan fingerprint density at radius 3 is 2.79 bits per heavy atom. The third-order valence-corrected chi connectivity index (χ3v) is 3.42. The third kappa shape index (κ3) is 3.12. The van der Waals surface area contributed by atoms with Gasteiger partial charge in [-0.1, -0.05) is 11.8 Å². The summed E-state index contributed by atoms with van der Waals surface area (Å²) < 4.78 is 13.9. The van der Waals surface area contributed by atoms with E-state index in [1.165, 1.54) is 12.1 Å². The largest absolute Gasteiger partial charge is 0.347 e. The predicted molar refractivity (Wildman–Crippen MR) is 72.1 cm³/mol. The highest BCUT2D eigenvalue weighted by atomic mass is 19.1. The molecule has 3 N–H and O–H groups in total. The number of benzene rings is 1. The molecule has 3 nitrogen and oxygen atoms in total. The first kappa shape index (κ1) is 13.6. The van der Waals surface area contributed by atoms with Crippen LogP contribution in [0.2, 0.25) is 0 Å². The van der Waals surface area contributed by atoms with Crippen LogP contribution in [-0.2, 0) is 0 Å². The van der Waals surface area contributed by atoms with E-state index in [1.807, 2.05) is 6.92 Å². The molecule has 0 spiro atoms. The lowest BCUT2D eigenvalue weighted by atomic mass is 9.78. The lowest BCUT2D eigenvalue weighted by molar-refractivity contribution is 0.0846. The zero-order valence-corrected chi connectivity index (χ0v) is 10.9. The van der Waals surface area contributed by atoms with Crippen LogP contribution >= 0.6 is 0 Å². The van der Waals surface area contributed by atoms with Gasteiger partial charge in [0.1, 0.15) is 5.82 Å². The lowest BCUT2D eigenvalue weighted by Gasteiger charge is -2.39. The first-order chi connectivity index (χ1) is 9.04. The number of halogens is 1. The van der Waals surface area contributed by atoms with Crippen LogP contribution in [0.1, 0.15) is 42.1 Å². The Morgan fingerprint density at radius 1 is 1.53 bits per heavy atom. The van der Waals surface area contributed by atoms with Crippen molar-refractivity contribution in [3.63, 3.8) is 0 Å². The third-order valence-electron chi connectivity index (χ3n) is 3.42.